The summed E-state index contributed by atoms with van der Waals surface area (Å²) in [7, 11) is 1.72. The molecule has 0 fully saturated rings. The van der Waals surface area contributed by atoms with Crippen LogP contribution < -0.4 is 10.2 Å². The Labute approximate surface area is 110 Å². The molecule has 0 aliphatic rings. The third kappa shape index (κ3) is 4.27. The second-order valence-electron chi connectivity index (χ2n) is 4.54. The van der Waals surface area contributed by atoms with Crippen LogP contribution in [0.25, 0.3) is 0 Å². The van der Waals surface area contributed by atoms with Crippen molar-refractivity contribution >= 4 is 5.82 Å². The van der Waals surface area contributed by atoms with Crippen LogP contribution in [0, 0.1) is 0 Å². The molecule has 4 heteroatoms. The van der Waals surface area contributed by atoms with E-state index in [1.165, 1.54) is 5.56 Å². The maximum atomic E-state index is 5.03. The van der Waals surface area contributed by atoms with Crippen molar-refractivity contribution in [1.29, 1.82) is 0 Å². The minimum Gasteiger partial charge on any atom is -0.383 e. The van der Waals surface area contributed by atoms with Crippen molar-refractivity contribution in [2.24, 2.45) is 0 Å². The highest BCUT2D eigenvalue weighted by molar-refractivity contribution is 5.47. The number of ether oxygens (including phenoxy) is 1. The Bertz CT molecular complexity index is 342. The van der Waals surface area contributed by atoms with Gasteiger partial charge in [0.05, 0.1) is 6.61 Å². The molecular formula is C14H25N3O. The van der Waals surface area contributed by atoms with E-state index >= 15 is 0 Å². The summed E-state index contributed by atoms with van der Waals surface area (Å²) >= 11 is 0. The molecule has 1 N–H and O–H groups in total. The topological polar surface area (TPSA) is 37.4 Å². The largest absolute Gasteiger partial charge is 0.383 e. The van der Waals surface area contributed by atoms with Crippen LogP contribution in [0.2, 0.25) is 0 Å². The monoisotopic (exact) mass is 251 g/mol. The normalized spacial score (nSPS) is 10.9. The van der Waals surface area contributed by atoms with Crippen molar-refractivity contribution in [3.05, 3.63) is 23.9 Å². The smallest absolute Gasteiger partial charge is 0.133 e. The Hall–Kier alpha value is -1.13. The number of pyridine rings is 1. The van der Waals surface area contributed by atoms with Crippen molar-refractivity contribution in [3.8, 4) is 0 Å². The summed E-state index contributed by atoms with van der Waals surface area (Å²) in [4.78, 5) is 6.84. The minimum atomic E-state index is 0.461. The number of rotatable bonds is 8. The molecule has 1 aromatic rings. The van der Waals surface area contributed by atoms with Crippen molar-refractivity contribution in [2.75, 3.05) is 31.7 Å². The third-order valence-electron chi connectivity index (χ3n) is 2.90. The van der Waals surface area contributed by atoms with Crippen molar-refractivity contribution in [2.45, 2.75) is 33.4 Å². The summed E-state index contributed by atoms with van der Waals surface area (Å²) in [5, 5.41) is 3.37. The molecule has 0 amide bonds. The van der Waals surface area contributed by atoms with Crippen LogP contribution >= 0.6 is 0 Å². The molecule has 0 aliphatic carbocycles. The van der Waals surface area contributed by atoms with E-state index < -0.39 is 0 Å². The van der Waals surface area contributed by atoms with E-state index in [1.54, 1.807) is 7.11 Å². The van der Waals surface area contributed by atoms with Gasteiger partial charge in [-0.1, -0.05) is 6.07 Å². The zero-order valence-corrected chi connectivity index (χ0v) is 11.9. The lowest BCUT2D eigenvalue weighted by atomic mass is 10.2. The minimum absolute atomic E-state index is 0.461. The first-order valence-corrected chi connectivity index (χ1v) is 6.60. The number of aromatic nitrogens is 1. The molecule has 0 atom stereocenters. The lowest BCUT2D eigenvalue weighted by Gasteiger charge is -2.28. The van der Waals surface area contributed by atoms with Gasteiger partial charge in [-0.25, -0.2) is 4.98 Å². The van der Waals surface area contributed by atoms with Crippen LogP contribution in [0.15, 0.2) is 18.3 Å². The number of nitrogens with one attached hydrogen (secondary N) is 1. The Morgan fingerprint density at radius 3 is 2.83 bits per heavy atom. The highest BCUT2D eigenvalue weighted by atomic mass is 16.5. The molecule has 0 unspecified atom stereocenters. The van der Waals surface area contributed by atoms with E-state index in [2.05, 4.69) is 42.0 Å². The highest BCUT2D eigenvalue weighted by Gasteiger charge is 2.13. The van der Waals surface area contributed by atoms with Crippen molar-refractivity contribution in [3.63, 3.8) is 0 Å². The molecule has 1 aromatic heterocycles. The standard InChI is InChI=1S/C14H25N3O/c1-5-17(12(2)3)14-13(7-6-8-16-14)11-15-9-10-18-4/h6-8,12,15H,5,9-11H2,1-4H3. The van der Waals surface area contributed by atoms with Crippen molar-refractivity contribution < 1.29 is 4.74 Å². The molecule has 0 bridgehead atoms. The van der Waals surface area contributed by atoms with Gasteiger partial charge in [0.15, 0.2) is 0 Å². The molecule has 0 aromatic carbocycles. The van der Waals surface area contributed by atoms with E-state index in [-0.39, 0.29) is 0 Å². The fourth-order valence-electron chi connectivity index (χ4n) is 1.98. The first kappa shape index (κ1) is 14.9. The first-order chi connectivity index (χ1) is 8.70. The molecule has 0 aliphatic heterocycles. The summed E-state index contributed by atoms with van der Waals surface area (Å²) in [5.74, 6) is 1.08. The van der Waals surface area contributed by atoms with Gasteiger partial charge < -0.3 is 15.0 Å². The quantitative estimate of drug-likeness (QED) is 0.718. The van der Waals surface area contributed by atoms with E-state index in [0.717, 1.165) is 32.1 Å². The van der Waals surface area contributed by atoms with Gasteiger partial charge in [0.1, 0.15) is 5.82 Å². The summed E-state index contributed by atoms with van der Waals surface area (Å²) in [6, 6.07) is 4.58. The van der Waals surface area contributed by atoms with E-state index in [9.17, 15) is 0 Å². The summed E-state index contributed by atoms with van der Waals surface area (Å²) in [6.45, 7) is 9.95. The zero-order chi connectivity index (χ0) is 13.4. The molecular weight excluding hydrogens is 226 g/mol. The van der Waals surface area contributed by atoms with E-state index in [0.29, 0.717) is 6.04 Å². The molecule has 102 valence electrons. The van der Waals surface area contributed by atoms with Gasteiger partial charge in [-0.05, 0) is 26.8 Å². The van der Waals surface area contributed by atoms with Gasteiger partial charge in [-0.2, -0.15) is 0 Å². The molecule has 4 nitrogen and oxygen atoms in total. The van der Waals surface area contributed by atoms with Gasteiger partial charge in [0.2, 0.25) is 0 Å². The lowest BCUT2D eigenvalue weighted by Crippen LogP contribution is -2.32. The summed E-state index contributed by atoms with van der Waals surface area (Å²) in [5.41, 5.74) is 1.24. The molecule has 1 heterocycles. The summed E-state index contributed by atoms with van der Waals surface area (Å²) in [6.07, 6.45) is 1.86. The average molecular weight is 251 g/mol. The molecule has 0 saturated heterocycles. The van der Waals surface area contributed by atoms with Crippen LogP contribution in [0.1, 0.15) is 26.3 Å². The van der Waals surface area contributed by atoms with E-state index in [4.69, 9.17) is 4.74 Å². The number of anilines is 1. The molecule has 0 saturated carbocycles. The Morgan fingerprint density at radius 2 is 2.22 bits per heavy atom. The Balaban J connectivity index is 2.72. The summed E-state index contributed by atoms with van der Waals surface area (Å²) < 4.78 is 5.03. The number of hydrogen-bond acceptors (Lipinski definition) is 4. The molecule has 0 radical (unpaired) electrons. The third-order valence-corrected chi connectivity index (χ3v) is 2.90. The maximum absolute atomic E-state index is 5.03. The van der Waals surface area contributed by atoms with Crippen LogP contribution in [0.3, 0.4) is 0 Å². The zero-order valence-electron chi connectivity index (χ0n) is 11.9. The second-order valence-corrected chi connectivity index (χ2v) is 4.54. The van der Waals surface area contributed by atoms with Gasteiger partial charge >= 0.3 is 0 Å². The van der Waals surface area contributed by atoms with Crippen LogP contribution in [0.4, 0.5) is 5.82 Å². The predicted molar refractivity (Wildman–Crippen MR) is 76.0 cm³/mol. The van der Waals surface area contributed by atoms with Gasteiger partial charge in [-0.15, -0.1) is 0 Å². The van der Waals surface area contributed by atoms with Gasteiger partial charge in [-0.3, -0.25) is 0 Å². The van der Waals surface area contributed by atoms with Crippen molar-refractivity contribution in [1.82, 2.24) is 10.3 Å². The highest BCUT2D eigenvalue weighted by Crippen LogP contribution is 2.19. The number of nitrogens with zero attached hydrogens (tertiary/aromatic N) is 2. The maximum Gasteiger partial charge on any atom is 0.133 e. The van der Waals surface area contributed by atoms with Crippen LogP contribution in [-0.4, -0.2) is 37.8 Å². The van der Waals surface area contributed by atoms with Gasteiger partial charge in [0, 0.05) is 44.5 Å². The Morgan fingerprint density at radius 1 is 1.44 bits per heavy atom. The second kappa shape index (κ2) is 8.06. The predicted octanol–water partition coefficient (Wildman–Crippen LogP) is 2.05. The Kier molecular flexibility index (Phi) is 6.68. The van der Waals surface area contributed by atoms with Gasteiger partial charge in [0.25, 0.3) is 0 Å². The molecule has 1 rings (SSSR count). The fourth-order valence-corrected chi connectivity index (χ4v) is 1.98. The first-order valence-electron chi connectivity index (χ1n) is 6.60. The van der Waals surface area contributed by atoms with E-state index in [1.807, 2.05) is 12.3 Å². The molecule has 0 spiro atoms. The number of methoxy groups -OCH3 is 1. The lowest BCUT2D eigenvalue weighted by molar-refractivity contribution is 0.199. The van der Waals surface area contributed by atoms with Crippen LogP contribution in [-0.2, 0) is 11.3 Å². The number of hydrogen-bond donors (Lipinski definition) is 1. The fraction of sp³-hybridized carbons (Fsp3) is 0.643. The SMILES string of the molecule is CCN(c1ncccc1CNCCOC)C(C)C. The molecule has 18 heavy (non-hydrogen) atoms. The van der Waals surface area contributed by atoms with Crippen LogP contribution in [0.5, 0.6) is 0 Å². The average Bonchev–Trinajstić information content (AvgIpc) is 2.37.